The lowest BCUT2D eigenvalue weighted by molar-refractivity contribution is -0.384. The van der Waals surface area contributed by atoms with Gasteiger partial charge in [0, 0.05) is 18.3 Å². The van der Waals surface area contributed by atoms with Gasteiger partial charge < -0.3 is 9.47 Å². The number of likely N-dealkylation sites (tertiary alicyclic amines) is 1. The number of aromatic nitrogens is 1. The minimum absolute atomic E-state index is 0.0202. The van der Waals surface area contributed by atoms with Crippen molar-refractivity contribution in [2.45, 2.75) is 26.7 Å². The van der Waals surface area contributed by atoms with Gasteiger partial charge in [0.25, 0.3) is 5.69 Å². The second kappa shape index (κ2) is 13.0. The molecule has 11 heteroatoms. The molecule has 2 aliphatic rings. The SMILES string of the molecule is CC(C)(CCCN1C(=O)C2C=CC=CC2C1=O)COC(=O)c1cncc([N+](=O)[O-])c1-c1ccccc1OC(=O)c1ccccc1. The van der Waals surface area contributed by atoms with Gasteiger partial charge in [-0.1, -0.05) is 74.5 Å². The second-order valence-corrected chi connectivity index (χ2v) is 11.6. The Bertz CT molecular complexity index is 1680. The topological polar surface area (TPSA) is 146 Å². The molecule has 1 aliphatic heterocycles. The van der Waals surface area contributed by atoms with Crippen molar-refractivity contribution in [2.75, 3.05) is 13.2 Å². The van der Waals surface area contributed by atoms with Crippen LogP contribution >= 0.6 is 0 Å². The number of esters is 2. The van der Waals surface area contributed by atoms with E-state index in [4.69, 9.17) is 9.47 Å². The van der Waals surface area contributed by atoms with Crippen molar-refractivity contribution in [1.82, 2.24) is 9.88 Å². The summed E-state index contributed by atoms with van der Waals surface area (Å²) >= 11 is 0. The number of carbonyl (C=O) groups is 4. The maximum absolute atomic E-state index is 13.4. The summed E-state index contributed by atoms with van der Waals surface area (Å²) in [5, 5.41) is 12.0. The van der Waals surface area contributed by atoms with Gasteiger partial charge >= 0.3 is 11.9 Å². The Labute approximate surface area is 259 Å². The summed E-state index contributed by atoms with van der Waals surface area (Å²) in [6, 6.07) is 14.5. The highest BCUT2D eigenvalue weighted by Gasteiger charge is 2.45. The lowest BCUT2D eigenvalue weighted by Gasteiger charge is -2.25. The maximum Gasteiger partial charge on any atom is 0.343 e. The minimum Gasteiger partial charge on any atom is -0.461 e. The number of benzene rings is 2. The van der Waals surface area contributed by atoms with Crippen LogP contribution < -0.4 is 4.74 Å². The summed E-state index contributed by atoms with van der Waals surface area (Å²) in [6.07, 6.45) is 10.3. The Kier molecular flexibility index (Phi) is 8.98. The van der Waals surface area contributed by atoms with Crippen molar-refractivity contribution in [3.05, 3.63) is 113 Å². The normalized spacial score (nSPS) is 17.2. The maximum atomic E-state index is 13.4. The molecule has 230 valence electrons. The van der Waals surface area contributed by atoms with E-state index in [1.807, 2.05) is 13.8 Å². The van der Waals surface area contributed by atoms with Crippen LogP contribution in [0.4, 0.5) is 5.69 Å². The zero-order chi connectivity index (χ0) is 32.1. The van der Waals surface area contributed by atoms with Gasteiger partial charge in [0.2, 0.25) is 11.8 Å². The number of para-hydroxylation sites is 1. The van der Waals surface area contributed by atoms with Gasteiger partial charge in [-0.05, 0) is 36.5 Å². The average Bonchev–Trinajstić information content (AvgIpc) is 3.28. The van der Waals surface area contributed by atoms with Crippen LogP contribution in [0.15, 0.2) is 91.3 Å². The lowest BCUT2D eigenvalue weighted by atomic mass is 9.88. The van der Waals surface area contributed by atoms with Crippen LogP contribution in [0.25, 0.3) is 11.1 Å². The van der Waals surface area contributed by atoms with E-state index in [9.17, 15) is 29.3 Å². The van der Waals surface area contributed by atoms with Crippen molar-refractivity contribution in [3.8, 4) is 16.9 Å². The quantitative estimate of drug-likeness (QED) is 0.0895. The zero-order valence-electron chi connectivity index (χ0n) is 24.8. The molecule has 45 heavy (non-hydrogen) atoms. The highest BCUT2D eigenvalue weighted by Crippen LogP contribution is 2.39. The van der Waals surface area contributed by atoms with E-state index >= 15 is 0 Å². The number of pyridine rings is 1. The number of nitrogens with zero attached hydrogens (tertiary/aromatic N) is 3. The van der Waals surface area contributed by atoms with E-state index in [0.29, 0.717) is 12.8 Å². The molecule has 1 aromatic heterocycles. The van der Waals surface area contributed by atoms with Crippen molar-refractivity contribution in [1.29, 1.82) is 0 Å². The number of ether oxygens (including phenoxy) is 2. The molecule has 2 amide bonds. The van der Waals surface area contributed by atoms with Crippen molar-refractivity contribution >= 4 is 29.4 Å². The van der Waals surface area contributed by atoms with E-state index in [-0.39, 0.29) is 53.0 Å². The summed E-state index contributed by atoms with van der Waals surface area (Å²) in [5.41, 5.74) is -0.843. The number of rotatable bonds is 11. The first-order valence-electron chi connectivity index (χ1n) is 14.4. The number of carbonyl (C=O) groups excluding carboxylic acids is 4. The van der Waals surface area contributed by atoms with Crippen LogP contribution in [-0.2, 0) is 14.3 Å². The smallest absolute Gasteiger partial charge is 0.343 e. The number of hydrogen-bond acceptors (Lipinski definition) is 9. The number of imide groups is 1. The molecule has 0 bridgehead atoms. The molecule has 1 saturated heterocycles. The fourth-order valence-electron chi connectivity index (χ4n) is 5.42. The molecule has 11 nitrogen and oxygen atoms in total. The number of hydrogen-bond donors (Lipinski definition) is 0. The van der Waals surface area contributed by atoms with Crippen LogP contribution in [0.2, 0.25) is 0 Å². The molecule has 0 saturated carbocycles. The standard InChI is InChI=1S/C34H31N3O8/c1-34(2,17-10-18-36-30(38)23-13-6-7-14-24(23)31(36)39)21-44-33(41)26-19-35-20-27(37(42)43)29(26)25-15-8-9-16-28(25)45-32(40)22-11-4-3-5-12-22/h3-9,11-16,19-20,23-24H,10,17-18,21H2,1-2H3. The number of nitro groups is 1. The van der Waals surface area contributed by atoms with Crippen LogP contribution in [0.5, 0.6) is 5.75 Å². The predicted octanol–water partition coefficient (Wildman–Crippen LogP) is 5.57. The first kappa shape index (κ1) is 31.0. The summed E-state index contributed by atoms with van der Waals surface area (Å²) in [5.74, 6) is -2.83. The van der Waals surface area contributed by atoms with Gasteiger partial charge in [-0.3, -0.25) is 29.6 Å². The van der Waals surface area contributed by atoms with Crippen molar-refractivity contribution in [3.63, 3.8) is 0 Å². The third-order valence-corrected chi connectivity index (χ3v) is 7.78. The molecule has 0 N–H and O–H groups in total. The second-order valence-electron chi connectivity index (χ2n) is 11.6. The van der Waals surface area contributed by atoms with E-state index in [0.717, 1.165) is 6.20 Å². The van der Waals surface area contributed by atoms with E-state index in [1.54, 1.807) is 66.8 Å². The van der Waals surface area contributed by atoms with Crippen LogP contribution in [0, 0.1) is 27.4 Å². The predicted molar refractivity (Wildman–Crippen MR) is 163 cm³/mol. The highest BCUT2D eigenvalue weighted by molar-refractivity contribution is 6.07. The third-order valence-electron chi connectivity index (χ3n) is 7.78. The summed E-state index contributed by atoms with van der Waals surface area (Å²) in [7, 11) is 0. The number of amides is 2. The molecule has 2 atom stereocenters. The molecule has 0 radical (unpaired) electrons. The first-order chi connectivity index (χ1) is 21.6. The van der Waals surface area contributed by atoms with Crippen molar-refractivity contribution in [2.24, 2.45) is 17.3 Å². The van der Waals surface area contributed by atoms with Crippen LogP contribution in [0.1, 0.15) is 47.4 Å². The third kappa shape index (κ3) is 6.72. The number of fused-ring (bicyclic) bond motifs is 1. The monoisotopic (exact) mass is 609 g/mol. The van der Waals surface area contributed by atoms with Gasteiger partial charge in [-0.25, -0.2) is 9.59 Å². The Hall–Kier alpha value is -5.45. The summed E-state index contributed by atoms with van der Waals surface area (Å²) in [6.45, 7) is 3.96. The fraction of sp³-hybridized carbons (Fsp3) is 0.265. The van der Waals surface area contributed by atoms with Gasteiger partial charge in [-0.15, -0.1) is 0 Å². The molecule has 2 heterocycles. The van der Waals surface area contributed by atoms with Crippen LogP contribution in [0.3, 0.4) is 0 Å². The van der Waals surface area contributed by atoms with E-state index in [1.165, 1.54) is 23.2 Å². The molecular formula is C34H31N3O8. The molecule has 3 aromatic rings. The first-order valence-corrected chi connectivity index (χ1v) is 14.4. The van der Waals surface area contributed by atoms with Gasteiger partial charge in [-0.2, -0.15) is 0 Å². The molecule has 2 unspecified atom stereocenters. The Morgan fingerprint density at radius 3 is 2.24 bits per heavy atom. The van der Waals surface area contributed by atoms with Gasteiger partial charge in [0.15, 0.2) is 0 Å². The minimum atomic E-state index is -0.842. The molecular weight excluding hydrogens is 578 g/mol. The largest absolute Gasteiger partial charge is 0.461 e. The highest BCUT2D eigenvalue weighted by atomic mass is 16.6. The van der Waals surface area contributed by atoms with Gasteiger partial charge in [0.1, 0.15) is 11.9 Å². The molecule has 1 fully saturated rings. The van der Waals surface area contributed by atoms with Crippen LogP contribution in [-0.4, -0.2) is 51.7 Å². The van der Waals surface area contributed by atoms with Gasteiger partial charge in [0.05, 0.1) is 40.1 Å². The zero-order valence-corrected chi connectivity index (χ0v) is 24.8. The Balaban J connectivity index is 1.30. The summed E-state index contributed by atoms with van der Waals surface area (Å²) < 4.78 is 11.3. The number of allylic oxidation sites excluding steroid dienone is 2. The molecule has 1 aliphatic carbocycles. The Morgan fingerprint density at radius 2 is 1.58 bits per heavy atom. The fourth-order valence-corrected chi connectivity index (χ4v) is 5.42. The lowest BCUT2D eigenvalue weighted by Crippen LogP contribution is -2.33. The average molecular weight is 610 g/mol. The Morgan fingerprint density at radius 1 is 0.933 bits per heavy atom. The van der Waals surface area contributed by atoms with Crippen molar-refractivity contribution < 1.29 is 33.6 Å². The van der Waals surface area contributed by atoms with E-state index < -0.39 is 39.8 Å². The molecule has 2 aromatic carbocycles. The molecule has 5 rings (SSSR count). The summed E-state index contributed by atoms with van der Waals surface area (Å²) in [4.78, 5) is 68.3. The molecule has 0 spiro atoms. The van der Waals surface area contributed by atoms with E-state index in [2.05, 4.69) is 4.98 Å².